The van der Waals surface area contributed by atoms with Gasteiger partial charge in [0.05, 0.1) is 0 Å². The number of nitrogens with one attached hydrogen (secondary N) is 1. The van der Waals surface area contributed by atoms with Crippen molar-refractivity contribution in [3.05, 3.63) is 65.5 Å². The molecule has 2 amide bonds. The molecule has 0 spiro atoms. The van der Waals surface area contributed by atoms with E-state index in [0.717, 1.165) is 17.7 Å². The number of nitrogens with zero attached hydrogens (tertiary/aromatic N) is 3. The molecule has 1 saturated heterocycles. The fraction of sp³-hybridized carbons (Fsp3) is 0.333. The minimum Gasteiger partial charge on any atom is -0.339 e. The van der Waals surface area contributed by atoms with E-state index >= 15 is 0 Å². The summed E-state index contributed by atoms with van der Waals surface area (Å²) in [6.07, 6.45) is 2.29. The van der Waals surface area contributed by atoms with Crippen LogP contribution in [0.4, 0.5) is 5.69 Å². The average Bonchev–Trinajstić information content (AvgIpc) is 3.25. The molecule has 0 radical (unpaired) electrons. The monoisotopic (exact) mass is 418 g/mol. The van der Waals surface area contributed by atoms with Crippen molar-refractivity contribution in [3.63, 3.8) is 0 Å². The molecule has 1 aliphatic rings. The van der Waals surface area contributed by atoms with Gasteiger partial charge in [0.15, 0.2) is 0 Å². The van der Waals surface area contributed by atoms with Gasteiger partial charge in [0.1, 0.15) is 0 Å². The largest absolute Gasteiger partial charge is 0.339 e. The molecule has 0 saturated carbocycles. The molecule has 0 bridgehead atoms. The third kappa shape index (κ3) is 4.82. The van der Waals surface area contributed by atoms with Crippen LogP contribution in [0.15, 0.2) is 53.1 Å². The van der Waals surface area contributed by atoms with E-state index in [1.807, 2.05) is 41.3 Å². The van der Waals surface area contributed by atoms with Gasteiger partial charge in [0, 0.05) is 42.7 Å². The highest BCUT2D eigenvalue weighted by Crippen LogP contribution is 2.22. The topological polar surface area (TPSA) is 88.3 Å². The van der Waals surface area contributed by atoms with Crippen molar-refractivity contribution in [1.82, 2.24) is 15.0 Å². The third-order valence-corrected chi connectivity index (χ3v) is 5.70. The van der Waals surface area contributed by atoms with Crippen LogP contribution >= 0.6 is 0 Å². The highest BCUT2D eigenvalue weighted by atomic mass is 16.5. The molecule has 160 valence electrons. The first-order chi connectivity index (χ1) is 15.0. The Bertz CT molecular complexity index is 1050. The minimum atomic E-state index is -0.0845. The molecular formula is C24H26N4O3. The van der Waals surface area contributed by atoms with Crippen molar-refractivity contribution in [2.45, 2.75) is 33.1 Å². The standard InChI is InChI=1S/C24H26N4O3/c1-3-17-4-10-21(11-5-17)26-23(29)19-12-14-28(15-13-19)24(30)20-8-6-18(7-9-20)22-25-16(2)31-27-22/h4-11,19H,3,12-15H2,1-2H3,(H,26,29). The van der Waals surface area contributed by atoms with E-state index in [1.54, 1.807) is 19.1 Å². The number of hydrogen-bond donors (Lipinski definition) is 1. The summed E-state index contributed by atoms with van der Waals surface area (Å²) in [5, 5.41) is 6.89. The number of carbonyl (C=O) groups excluding carboxylic acids is 2. The van der Waals surface area contributed by atoms with Crippen LogP contribution in [0.25, 0.3) is 11.4 Å². The van der Waals surface area contributed by atoms with Crippen molar-refractivity contribution in [3.8, 4) is 11.4 Å². The predicted octanol–water partition coefficient (Wildman–Crippen LogP) is 4.10. The van der Waals surface area contributed by atoms with Crippen LogP contribution in [0.5, 0.6) is 0 Å². The second kappa shape index (κ2) is 9.12. The SMILES string of the molecule is CCc1ccc(NC(=O)C2CCN(C(=O)c3ccc(-c4noc(C)n4)cc3)CC2)cc1. The van der Waals surface area contributed by atoms with Crippen molar-refractivity contribution in [1.29, 1.82) is 0 Å². The number of anilines is 1. The quantitative estimate of drug-likeness (QED) is 0.674. The Morgan fingerprint density at radius 3 is 2.32 bits per heavy atom. The predicted molar refractivity (Wildman–Crippen MR) is 118 cm³/mol. The van der Waals surface area contributed by atoms with Crippen molar-refractivity contribution >= 4 is 17.5 Å². The van der Waals surface area contributed by atoms with Gasteiger partial charge in [0.25, 0.3) is 5.91 Å². The number of piperidine rings is 1. The number of aromatic nitrogens is 2. The molecule has 1 fully saturated rings. The lowest BCUT2D eigenvalue weighted by molar-refractivity contribution is -0.121. The Labute approximate surface area is 181 Å². The Morgan fingerprint density at radius 1 is 1.06 bits per heavy atom. The Hall–Kier alpha value is -3.48. The molecule has 0 unspecified atom stereocenters. The summed E-state index contributed by atoms with van der Waals surface area (Å²) < 4.78 is 5.00. The molecule has 3 aromatic rings. The molecule has 1 aliphatic heterocycles. The van der Waals surface area contributed by atoms with Crippen molar-refractivity contribution in [2.75, 3.05) is 18.4 Å². The second-order valence-corrected chi connectivity index (χ2v) is 7.82. The Kier molecular flexibility index (Phi) is 6.11. The molecule has 7 heteroatoms. The minimum absolute atomic E-state index is 0.0233. The van der Waals surface area contributed by atoms with E-state index in [1.165, 1.54) is 5.56 Å². The van der Waals surface area contributed by atoms with E-state index in [9.17, 15) is 9.59 Å². The van der Waals surface area contributed by atoms with Gasteiger partial charge in [-0.2, -0.15) is 4.98 Å². The zero-order valence-electron chi connectivity index (χ0n) is 17.8. The van der Waals surface area contributed by atoms with Crippen molar-refractivity contribution < 1.29 is 14.1 Å². The van der Waals surface area contributed by atoms with E-state index in [-0.39, 0.29) is 17.7 Å². The maximum Gasteiger partial charge on any atom is 0.253 e. The first-order valence-corrected chi connectivity index (χ1v) is 10.6. The smallest absolute Gasteiger partial charge is 0.253 e. The second-order valence-electron chi connectivity index (χ2n) is 7.82. The van der Waals surface area contributed by atoms with Crippen LogP contribution in [0.2, 0.25) is 0 Å². The number of amides is 2. The van der Waals surface area contributed by atoms with Gasteiger partial charge in [-0.25, -0.2) is 0 Å². The number of aryl methyl sites for hydroxylation is 2. The van der Waals surface area contributed by atoms with Crippen LogP contribution in [-0.4, -0.2) is 39.9 Å². The van der Waals surface area contributed by atoms with Gasteiger partial charge >= 0.3 is 0 Å². The number of likely N-dealkylation sites (tertiary alicyclic amines) is 1. The molecule has 7 nitrogen and oxygen atoms in total. The fourth-order valence-corrected chi connectivity index (χ4v) is 3.77. The van der Waals surface area contributed by atoms with Crippen LogP contribution in [0, 0.1) is 12.8 Å². The normalized spacial score (nSPS) is 14.5. The van der Waals surface area contributed by atoms with E-state index in [2.05, 4.69) is 22.4 Å². The van der Waals surface area contributed by atoms with Crippen molar-refractivity contribution in [2.24, 2.45) is 5.92 Å². The summed E-state index contributed by atoms with van der Waals surface area (Å²) in [4.78, 5) is 31.5. The fourth-order valence-electron chi connectivity index (χ4n) is 3.77. The van der Waals surface area contributed by atoms with Crippen LogP contribution in [-0.2, 0) is 11.2 Å². The Morgan fingerprint density at radius 2 is 1.74 bits per heavy atom. The van der Waals surface area contributed by atoms with Gasteiger partial charge in [-0.05, 0) is 49.1 Å². The summed E-state index contributed by atoms with van der Waals surface area (Å²) >= 11 is 0. The Balaban J connectivity index is 1.31. The third-order valence-electron chi connectivity index (χ3n) is 5.70. The lowest BCUT2D eigenvalue weighted by atomic mass is 9.95. The number of benzene rings is 2. The number of carbonyl (C=O) groups is 2. The van der Waals surface area contributed by atoms with Gasteiger partial charge < -0.3 is 14.7 Å². The van der Waals surface area contributed by atoms with E-state index < -0.39 is 0 Å². The molecular weight excluding hydrogens is 392 g/mol. The van der Waals surface area contributed by atoms with Gasteiger partial charge in [0.2, 0.25) is 17.6 Å². The average molecular weight is 418 g/mol. The first kappa shape index (κ1) is 20.8. The lowest BCUT2D eigenvalue weighted by Gasteiger charge is -2.31. The molecule has 1 N–H and O–H groups in total. The maximum absolute atomic E-state index is 12.9. The highest BCUT2D eigenvalue weighted by molar-refractivity contribution is 5.95. The van der Waals surface area contributed by atoms with E-state index in [0.29, 0.717) is 43.2 Å². The molecule has 2 heterocycles. The van der Waals surface area contributed by atoms with Gasteiger partial charge in [-0.1, -0.05) is 36.3 Å². The lowest BCUT2D eigenvalue weighted by Crippen LogP contribution is -2.41. The van der Waals surface area contributed by atoms with Gasteiger partial charge in [-0.15, -0.1) is 0 Å². The summed E-state index contributed by atoms with van der Waals surface area (Å²) in [5.74, 6) is 0.924. The zero-order valence-corrected chi connectivity index (χ0v) is 17.8. The first-order valence-electron chi connectivity index (χ1n) is 10.6. The summed E-state index contributed by atoms with van der Waals surface area (Å²) in [6, 6.07) is 15.1. The summed E-state index contributed by atoms with van der Waals surface area (Å²) in [7, 11) is 0. The number of hydrogen-bond acceptors (Lipinski definition) is 5. The van der Waals surface area contributed by atoms with Crippen LogP contribution < -0.4 is 5.32 Å². The number of rotatable bonds is 5. The van der Waals surface area contributed by atoms with Crippen LogP contribution in [0.1, 0.15) is 41.6 Å². The van der Waals surface area contributed by atoms with E-state index in [4.69, 9.17) is 4.52 Å². The molecule has 0 atom stereocenters. The zero-order chi connectivity index (χ0) is 21.8. The molecule has 31 heavy (non-hydrogen) atoms. The summed E-state index contributed by atoms with van der Waals surface area (Å²) in [5.41, 5.74) is 3.47. The maximum atomic E-state index is 12.9. The summed E-state index contributed by atoms with van der Waals surface area (Å²) in [6.45, 7) is 4.97. The molecule has 2 aromatic carbocycles. The van der Waals surface area contributed by atoms with Gasteiger partial charge in [-0.3, -0.25) is 9.59 Å². The van der Waals surface area contributed by atoms with Crippen LogP contribution in [0.3, 0.4) is 0 Å². The molecule has 4 rings (SSSR count). The highest BCUT2D eigenvalue weighted by Gasteiger charge is 2.28. The molecule has 1 aromatic heterocycles. The molecule has 0 aliphatic carbocycles.